The molecule has 0 fully saturated rings. The van der Waals surface area contributed by atoms with Gasteiger partial charge in [-0.3, -0.25) is 4.68 Å². The third kappa shape index (κ3) is 3.65. The second kappa shape index (κ2) is 6.03. The molecule has 1 aromatic heterocycles. The van der Waals surface area contributed by atoms with Crippen LogP contribution in [0.2, 0.25) is 0 Å². The molecule has 21 heavy (non-hydrogen) atoms. The lowest BCUT2D eigenvalue weighted by Crippen LogP contribution is -2.02. The van der Waals surface area contributed by atoms with Crippen LogP contribution in [0, 0.1) is 17.6 Å². The van der Waals surface area contributed by atoms with Crippen molar-refractivity contribution < 1.29 is 18.7 Å². The van der Waals surface area contributed by atoms with E-state index in [9.17, 15) is 18.7 Å². The van der Waals surface area contributed by atoms with Crippen molar-refractivity contribution in [3.05, 3.63) is 41.6 Å². The minimum Gasteiger partial charge on any atom is -0.478 e. The molecule has 0 aliphatic heterocycles. The standard InChI is InChI=1S/C15H16F2N2O2/c1-9(2)3-4-19-8-13(15(20)21)14(18-19)10-5-11(16)7-12(17)6-10/h5-9H,3-4H2,1-2H3,(H,20,21). The first-order chi connectivity index (χ1) is 9.86. The Balaban J connectivity index is 2.43. The predicted octanol–water partition coefficient (Wildman–Crippen LogP) is 3.57. The smallest absolute Gasteiger partial charge is 0.339 e. The summed E-state index contributed by atoms with van der Waals surface area (Å²) in [6.45, 7) is 4.64. The number of hydrogen-bond acceptors (Lipinski definition) is 2. The van der Waals surface area contributed by atoms with Crippen LogP contribution in [-0.4, -0.2) is 20.9 Å². The number of benzene rings is 1. The number of aromatic nitrogens is 2. The van der Waals surface area contributed by atoms with Crippen LogP contribution in [0.15, 0.2) is 24.4 Å². The summed E-state index contributed by atoms with van der Waals surface area (Å²) in [6.07, 6.45) is 2.22. The maximum atomic E-state index is 13.3. The molecule has 6 heteroatoms. The van der Waals surface area contributed by atoms with Crippen LogP contribution in [0.3, 0.4) is 0 Å². The normalized spacial score (nSPS) is 11.1. The first-order valence-corrected chi connectivity index (χ1v) is 6.64. The Bertz CT molecular complexity index is 645. The second-order valence-corrected chi connectivity index (χ2v) is 5.30. The van der Waals surface area contributed by atoms with Crippen molar-refractivity contribution >= 4 is 5.97 Å². The highest BCUT2D eigenvalue weighted by Gasteiger charge is 2.18. The van der Waals surface area contributed by atoms with Gasteiger partial charge in [0.15, 0.2) is 0 Å². The van der Waals surface area contributed by atoms with E-state index in [0.29, 0.717) is 12.5 Å². The van der Waals surface area contributed by atoms with E-state index in [4.69, 9.17) is 0 Å². The highest BCUT2D eigenvalue weighted by Crippen LogP contribution is 2.24. The van der Waals surface area contributed by atoms with Gasteiger partial charge in [0.2, 0.25) is 0 Å². The molecule has 1 heterocycles. The van der Waals surface area contributed by atoms with Gasteiger partial charge in [-0.05, 0) is 24.5 Å². The van der Waals surface area contributed by atoms with E-state index >= 15 is 0 Å². The maximum Gasteiger partial charge on any atom is 0.339 e. The van der Waals surface area contributed by atoms with E-state index < -0.39 is 17.6 Å². The monoisotopic (exact) mass is 294 g/mol. The summed E-state index contributed by atoms with van der Waals surface area (Å²) >= 11 is 0. The van der Waals surface area contributed by atoms with Gasteiger partial charge < -0.3 is 5.11 Å². The summed E-state index contributed by atoms with van der Waals surface area (Å²) in [5.74, 6) is -2.26. The molecule has 4 nitrogen and oxygen atoms in total. The number of carboxylic acid groups (broad SMARTS) is 1. The molecular formula is C15H16F2N2O2. The highest BCUT2D eigenvalue weighted by atomic mass is 19.1. The van der Waals surface area contributed by atoms with Gasteiger partial charge in [0.1, 0.15) is 22.9 Å². The molecule has 0 bridgehead atoms. The summed E-state index contributed by atoms with van der Waals surface area (Å²) in [4.78, 5) is 11.3. The van der Waals surface area contributed by atoms with Gasteiger partial charge in [-0.1, -0.05) is 13.8 Å². The number of hydrogen-bond donors (Lipinski definition) is 1. The number of aryl methyl sites for hydroxylation is 1. The minimum atomic E-state index is -1.18. The van der Waals surface area contributed by atoms with Gasteiger partial charge in [-0.15, -0.1) is 0 Å². The molecule has 0 amide bonds. The van der Waals surface area contributed by atoms with Crippen molar-refractivity contribution in [2.24, 2.45) is 5.92 Å². The van der Waals surface area contributed by atoms with Gasteiger partial charge in [0.05, 0.1) is 0 Å². The molecule has 2 rings (SSSR count). The van der Waals surface area contributed by atoms with Gasteiger partial charge >= 0.3 is 5.97 Å². The first kappa shape index (κ1) is 15.2. The lowest BCUT2D eigenvalue weighted by Gasteiger charge is -2.04. The van der Waals surface area contributed by atoms with Crippen molar-refractivity contribution in [2.45, 2.75) is 26.8 Å². The number of carbonyl (C=O) groups is 1. The molecule has 1 aromatic carbocycles. The van der Waals surface area contributed by atoms with Crippen LogP contribution in [0.25, 0.3) is 11.3 Å². The Morgan fingerprint density at radius 1 is 1.29 bits per heavy atom. The van der Waals surface area contributed by atoms with E-state index in [1.807, 2.05) is 13.8 Å². The summed E-state index contributed by atoms with van der Waals surface area (Å²) < 4.78 is 28.1. The lowest BCUT2D eigenvalue weighted by atomic mass is 10.1. The van der Waals surface area contributed by atoms with Crippen LogP contribution in [0.4, 0.5) is 8.78 Å². The Kier molecular flexibility index (Phi) is 4.35. The summed E-state index contributed by atoms with van der Waals surface area (Å²) in [5.41, 5.74) is 0.126. The van der Waals surface area contributed by atoms with Crippen LogP contribution in [0.1, 0.15) is 30.6 Å². The molecule has 0 saturated carbocycles. The Morgan fingerprint density at radius 2 is 1.90 bits per heavy atom. The number of halogens is 2. The zero-order valence-corrected chi connectivity index (χ0v) is 11.8. The van der Waals surface area contributed by atoms with Crippen LogP contribution < -0.4 is 0 Å². The topological polar surface area (TPSA) is 55.1 Å². The Hall–Kier alpha value is -2.24. The maximum absolute atomic E-state index is 13.3. The highest BCUT2D eigenvalue weighted by molar-refractivity contribution is 5.94. The van der Waals surface area contributed by atoms with Gasteiger partial charge in [-0.2, -0.15) is 5.10 Å². The van der Waals surface area contributed by atoms with Crippen molar-refractivity contribution in [2.75, 3.05) is 0 Å². The predicted molar refractivity (Wildman–Crippen MR) is 74.0 cm³/mol. The summed E-state index contributed by atoms with van der Waals surface area (Å²) in [7, 11) is 0. The fourth-order valence-corrected chi connectivity index (χ4v) is 1.99. The molecule has 0 aliphatic rings. The molecule has 1 N–H and O–H groups in total. The zero-order valence-electron chi connectivity index (χ0n) is 11.8. The third-order valence-electron chi connectivity index (χ3n) is 3.06. The van der Waals surface area contributed by atoms with Crippen LogP contribution >= 0.6 is 0 Å². The van der Waals surface area contributed by atoms with Crippen LogP contribution in [-0.2, 0) is 6.54 Å². The molecule has 0 saturated heterocycles. The quantitative estimate of drug-likeness (QED) is 0.917. The van der Waals surface area contributed by atoms with Crippen molar-refractivity contribution in [1.29, 1.82) is 0 Å². The SMILES string of the molecule is CC(C)CCn1cc(C(=O)O)c(-c2cc(F)cc(F)c2)n1. The number of aromatic carboxylic acids is 1. The fraction of sp³-hybridized carbons (Fsp3) is 0.333. The molecular weight excluding hydrogens is 278 g/mol. The van der Waals surface area contributed by atoms with E-state index in [2.05, 4.69) is 5.10 Å². The van der Waals surface area contributed by atoms with Crippen molar-refractivity contribution in [3.63, 3.8) is 0 Å². The molecule has 0 spiro atoms. The van der Waals surface area contributed by atoms with Gasteiger partial charge in [0.25, 0.3) is 0 Å². The summed E-state index contributed by atoms with van der Waals surface area (Å²) in [5, 5.41) is 13.4. The van der Waals surface area contributed by atoms with Crippen molar-refractivity contribution in [1.82, 2.24) is 9.78 Å². The fourth-order valence-electron chi connectivity index (χ4n) is 1.99. The number of rotatable bonds is 5. The molecule has 2 aromatic rings. The molecule has 0 atom stereocenters. The van der Waals surface area contributed by atoms with Gasteiger partial charge in [-0.25, -0.2) is 13.6 Å². The largest absolute Gasteiger partial charge is 0.478 e. The minimum absolute atomic E-state index is 0.0660. The van der Waals surface area contributed by atoms with Gasteiger partial charge in [0, 0.05) is 24.4 Å². The van der Waals surface area contributed by atoms with E-state index in [-0.39, 0.29) is 16.8 Å². The Labute approximate surface area is 121 Å². The van der Waals surface area contributed by atoms with E-state index in [1.54, 1.807) is 0 Å². The molecule has 0 unspecified atom stereocenters. The summed E-state index contributed by atoms with van der Waals surface area (Å²) in [6, 6.07) is 2.88. The van der Waals surface area contributed by atoms with E-state index in [1.165, 1.54) is 10.9 Å². The van der Waals surface area contributed by atoms with Crippen molar-refractivity contribution in [3.8, 4) is 11.3 Å². The number of nitrogens with zero attached hydrogens (tertiary/aromatic N) is 2. The molecule has 0 aliphatic carbocycles. The first-order valence-electron chi connectivity index (χ1n) is 6.64. The average Bonchev–Trinajstić information content (AvgIpc) is 2.79. The Morgan fingerprint density at radius 3 is 2.43 bits per heavy atom. The van der Waals surface area contributed by atoms with E-state index in [0.717, 1.165) is 24.6 Å². The van der Waals surface area contributed by atoms with Crippen LogP contribution in [0.5, 0.6) is 0 Å². The average molecular weight is 294 g/mol. The second-order valence-electron chi connectivity index (χ2n) is 5.30. The third-order valence-corrected chi connectivity index (χ3v) is 3.06. The molecule has 0 radical (unpaired) electrons. The number of carboxylic acids is 1. The zero-order chi connectivity index (χ0) is 15.6. The lowest BCUT2D eigenvalue weighted by molar-refractivity contribution is 0.0697. The molecule has 112 valence electrons.